The van der Waals surface area contributed by atoms with E-state index >= 15 is 0 Å². The molecule has 0 saturated heterocycles. The molecule has 0 aliphatic rings. The highest BCUT2D eigenvalue weighted by Crippen LogP contribution is 2.26. The maximum atomic E-state index is 8.92. The molecular weight excluding hydrogens is 274 g/mol. The number of ether oxygens (including phenoxy) is 1. The van der Waals surface area contributed by atoms with Crippen LogP contribution in [0, 0.1) is 11.3 Å². The highest BCUT2D eigenvalue weighted by Gasteiger charge is 2.07. The summed E-state index contributed by atoms with van der Waals surface area (Å²) in [6.07, 6.45) is 2.52. The summed E-state index contributed by atoms with van der Waals surface area (Å²) in [7, 11) is 0. The molecule has 1 aromatic carbocycles. The predicted molar refractivity (Wildman–Crippen MR) is 79.5 cm³/mol. The summed E-state index contributed by atoms with van der Waals surface area (Å²) in [5.74, 6) is 1.29. The van der Waals surface area contributed by atoms with Crippen LogP contribution in [-0.4, -0.2) is 11.6 Å². The quantitative estimate of drug-likeness (QED) is 0.898. The summed E-state index contributed by atoms with van der Waals surface area (Å²) in [6.45, 7) is 2.76. The smallest absolute Gasteiger partial charge is 0.150 e. The molecule has 1 aromatic heterocycles. The minimum Gasteiger partial charge on any atom is -0.494 e. The molecule has 0 radical (unpaired) electrons. The number of benzene rings is 1. The van der Waals surface area contributed by atoms with Gasteiger partial charge in [-0.05, 0) is 36.8 Å². The van der Waals surface area contributed by atoms with Crippen molar-refractivity contribution in [2.45, 2.75) is 13.3 Å². The first kappa shape index (κ1) is 14.2. The average molecular weight is 288 g/mol. The normalized spacial score (nSPS) is 9.85. The first-order chi connectivity index (χ1) is 9.74. The lowest BCUT2D eigenvalue weighted by Crippen LogP contribution is -1.97. The molecule has 0 aliphatic heterocycles. The van der Waals surface area contributed by atoms with Gasteiger partial charge in [-0.2, -0.15) is 5.26 Å². The Bertz CT molecular complexity index is 620. The third kappa shape index (κ3) is 3.40. The predicted octanol–water partition coefficient (Wildman–Crippen LogP) is 4.14. The van der Waals surface area contributed by atoms with Gasteiger partial charge in [-0.25, -0.2) is 4.98 Å². The van der Waals surface area contributed by atoms with E-state index in [-0.39, 0.29) is 0 Å². The van der Waals surface area contributed by atoms with E-state index in [9.17, 15) is 0 Å². The van der Waals surface area contributed by atoms with Crippen molar-refractivity contribution in [1.29, 1.82) is 5.26 Å². The van der Waals surface area contributed by atoms with Gasteiger partial charge in [-0.1, -0.05) is 18.5 Å². The molecule has 0 fully saturated rings. The molecular formula is C15H14ClN3O. The summed E-state index contributed by atoms with van der Waals surface area (Å²) in [5.41, 5.74) is 1.23. The van der Waals surface area contributed by atoms with Gasteiger partial charge in [-0.15, -0.1) is 0 Å². The molecule has 5 heteroatoms. The topological polar surface area (TPSA) is 57.9 Å². The fraction of sp³-hybridized carbons (Fsp3) is 0.200. The number of anilines is 2. The Balaban J connectivity index is 2.13. The van der Waals surface area contributed by atoms with Gasteiger partial charge in [0.1, 0.15) is 16.8 Å². The van der Waals surface area contributed by atoms with Crippen LogP contribution in [0.5, 0.6) is 5.75 Å². The molecule has 102 valence electrons. The molecule has 0 amide bonds. The molecule has 0 unspecified atom stereocenters. The molecule has 2 aromatic rings. The van der Waals surface area contributed by atoms with Gasteiger partial charge in [0.15, 0.2) is 5.82 Å². The largest absolute Gasteiger partial charge is 0.494 e. The minimum absolute atomic E-state index is 0.321. The molecule has 20 heavy (non-hydrogen) atoms. The number of aromatic nitrogens is 1. The second kappa shape index (κ2) is 6.78. The number of pyridine rings is 1. The molecule has 2 rings (SSSR count). The lowest BCUT2D eigenvalue weighted by Gasteiger charge is -2.09. The maximum Gasteiger partial charge on any atom is 0.150 e. The van der Waals surface area contributed by atoms with Crippen molar-refractivity contribution in [2.24, 2.45) is 0 Å². The van der Waals surface area contributed by atoms with Crippen molar-refractivity contribution in [3.05, 3.63) is 47.1 Å². The lowest BCUT2D eigenvalue weighted by molar-refractivity contribution is 0.317. The van der Waals surface area contributed by atoms with Gasteiger partial charge in [-0.3, -0.25) is 0 Å². The SMILES string of the molecule is CCCOc1ccc(Nc2nccc(C#N)c2Cl)cc1. The van der Waals surface area contributed by atoms with Gasteiger partial charge in [0, 0.05) is 11.9 Å². The average Bonchev–Trinajstić information content (AvgIpc) is 2.48. The van der Waals surface area contributed by atoms with Gasteiger partial charge in [0.05, 0.1) is 12.2 Å². The standard InChI is InChI=1S/C15H14ClN3O/c1-2-9-20-13-5-3-12(4-6-13)19-15-14(16)11(10-17)7-8-18-15/h3-8H,2,9H2,1H3,(H,18,19). The van der Waals surface area contributed by atoms with E-state index in [1.54, 1.807) is 12.3 Å². The second-order valence-corrected chi connectivity index (χ2v) is 4.51. The van der Waals surface area contributed by atoms with E-state index in [2.05, 4.69) is 17.2 Å². The highest BCUT2D eigenvalue weighted by molar-refractivity contribution is 6.34. The summed E-state index contributed by atoms with van der Waals surface area (Å²) < 4.78 is 5.51. The van der Waals surface area contributed by atoms with Gasteiger partial charge >= 0.3 is 0 Å². The van der Waals surface area contributed by atoms with Crippen molar-refractivity contribution in [3.8, 4) is 11.8 Å². The first-order valence-electron chi connectivity index (χ1n) is 6.29. The van der Waals surface area contributed by atoms with E-state index in [0.29, 0.717) is 23.0 Å². The van der Waals surface area contributed by atoms with E-state index in [4.69, 9.17) is 21.6 Å². The van der Waals surface area contributed by atoms with Crippen LogP contribution >= 0.6 is 11.6 Å². The summed E-state index contributed by atoms with van der Waals surface area (Å²) in [4.78, 5) is 4.13. The maximum absolute atomic E-state index is 8.92. The van der Waals surface area contributed by atoms with Crippen molar-refractivity contribution in [3.63, 3.8) is 0 Å². The van der Waals surface area contributed by atoms with E-state index < -0.39 is 0 Å². The van der Waals surface area contributed by atoms with E-state index in [1.165, 1.54) is 0 Å². The zero-order valence-corrected chi connectivity index (χ0v) is 11.8. The Kier molecular flexibility index (Phi) is 4.80. The molecule has 4 nitrogen and oxygen atoms in total. The Labute approximate surface area is 123 Å². The molecule has 0 atom stereocenters. The fourth-order valence-corrected chi connectivity index (χ4v) is 1.81. The zero-order valence-electron chi connectivity index (χ0n) is 11.1. The first-order valence-corrected chi connectivity index (χ1v) is 6.67. The monoisotopic (exact) mass is 287 g/mol. The van der Waals surface area contributed by atoms with Crippen LogP contribution in [0.2, 0.25) is 5.02 Å². The van der Waals surface area contributed by atoms with Crippen LogP contribution < -0.4 is 10.1 Å². The van der Waals surface area contributed by atoms with Crippen LogP contribution in [0.3, 0.4) is 0 Å². The second-order valence-electron chi connectivity index (χ2n) is 4.13. The molecule has 1 heterocycles. The summed E-state index contributed by atoms with van der Waals surface area (Å²) in [5, 5.41) is 12.3. The Morgan fingerprint density at radius 1 is 1.30 bits per heavy atom. The van der Waals surface area contributed by atoms with Crippen LogP contribution in [0.1, 0.15) is 18.9 Å². The number of hydrogen-bond donors (Lipinski definition) is 1. The molecule has 0 spiro atoms. The van der Waals surface area contributed by atoms with Crippen molar-refractivity contribution >= 4 is 23.1 Å². The number of hydrogen-bond acceptors (Lipinski definition) is 4. The van der Waals surface area contributed by atoms with Gasteiger partial charge in [0.2, 0.25) is 0 Å². The Morgan fingerprint density at radius 3 is 2.70 bits per heavy atom. The van der Waals surface area contributed by atoms with Crippen LogP contribution in [0.4, 0.5) is 11.5 Å². The third-order valence-electron chi connectivity index (χ3n) is 2.60. The zero-order chi connectivity index (χ0) is 14.4. The van der Waals surface area contributed by atoms with E-state index in [1.807, 2.05) is 30.3 Å². The molecule has 0 saturated carbocycles. The number of nitrogens with one attached hydrogen (secondary N) is 1. The lowest BCUT2D eigenvalue weighted by atomic mass is 10.2. The van der Waals surface area contributed by atoms with Gasteiger partial charge in [0.25, 0.3) is 0 Å². The van der Waals surface area contributed by atoms with Crippen LogP contribution in [-0.2, 0) is 0 Å². The van der Waals surface area contributed by atoms with Crippen molar-refractivity contribution in [2.75, 3.05) is 11.9 Å². The minimum atomic E-state index is 0.321. The van der Waals surface area contributed by atoms with E-state index in [0.717, 1.165) is 17.9 Å². The molecule has 0 bridgehead atoms. The number of rotatable bonds is 5. The summed E-state index contributed by atoms with van der Waals surface area (Å²) in [6, 6.07) is 11.1. The van der Waals surface area contributed by atoms with Crippen molar-refractivity contribution in [1.82, 2.24) is 4.98 Å². The number of halogens is 1. The van der Waals surface area contributed by atoms with Crippen LogP contribution in [0.25, 0.3) is 0 Å². The Morgan fingerprint density at radius 2 is 2.05 bits per heavy atom. The van der Waals surface area contributed by atoms with Crippen molar-refractivity contribution < 1.29 is 4.74 Å². The molecule has 1 N–H and O–H groups in total. The fourth-order valence-electron chi connectivity index (χ4n) is 1.61. The number of nitriles is 1. The van der Waals surface area contributed by atoms with Crippen LogP contribution in [0.15, 0.2) is 36.5 Å². The third-order valence-corrected chi connectivity index (χ3v) is 2.98. The number of nitrogens with zero attached hydrogens (tertiary/aromatic N) is 2. The van der Waals surface area contributed by atoms with Gasteiger partial charge < -0.3 is 10.1 Å². The highest BCUT2D eigenvalue weighted by atomic mass is 35.5. The Hall–Kier alpha value is -2.25. The molecule has 0 aliphatic carbocycles. The summed E-state index contributed by atoms with van der Waals surface area (Å²) >= 11 is 6.09.